The Morgan fingerprint density at radius 1 is 1.40 bits per heavy atom. The van der Waals surface area contributed by atoms with Crippen LogP contribution in [0, 0.1) is 0 Å². The third-order valence-electron chi connectivity index (χ3n) is 3.99. The summed E-state index contributed by atoms with van der Waals surface area (Å²) >= 11 is 0. The molecular weight excluding hydrogens is 186 g/mol. The van der Waals surface area contributed by atoms with Gasteiger partial charge in [-0.1, -0.05) is 26.7 Å². The van der Waals surface area contributed by atoms with Crippen LogP contribution in [0.4, 0.5) is 0 Å². The van der Waals surface area contributed by atoms with Crippen molar-refractivity contribution in [2.45, 2.75) is 70.9 Å². The Hall–Kier alpha value is -0.0800. The van der Waals surface area contributed by atoms with Gasteiger partial charge in [-0.15, -0.1) is 0 Å². The summed E-state index contributed by atoms with van der Waals surface area (Å²) in [6.45, 7) is 8.94. The molecule has 1 fully saturated rings. The van der Waals surface area contributed by atoms with Gasteiger partial charge in [0.15, 0.2) is 0 Å². The summed E-state index contributed by atoms with van der Waals surface area (Å²) in [4.78, 5) is 2.51. The highest BCUT2D eigenvalue weighted by molar-refractivity contribution is 4.88. The number of rotatable bonds is 5. The maximum Gasteiger partial charge on any atom is 0.0667 e. The van der Waals surface area contributed by atoms with Crippen molar-refractivity contribution in [2.24, 2.45) is 0 Å². The lowest BCUT2D eigenvalue weighted by Crippen LogP contribution is -2.52. The molecular formula is C13H27NO. The molecule has 1 rings (SSSR count). The highest BCUT2D eigenvalue weighted by Crippen LogP contribution is 2.28. The van der Waals surface area contributed by atoms with Gasteiger partial charge in [-0.3, -0.25) is 4.90 Å². The largest absolute Gasteiger partial charge is 0.392 e. The molecule has 0 radical (unpaired) electrons. The van der Waals surface area contributed by atoms with E-state index in [-0.39, 0.29) is 6.10 Å². The number of hydrogen-bond donors (Lipinski definition) is 1. The molecule has 1 saturated heterocycles. The Kier molecular flexibility index (Phi) is 5.07. The number of hydrogen-bond acceptors (Lipinski definition) is 2. The fraction of sp³-hybridized carbons (Fsp3) is 1.00. The average Bonchev–Trinajstić information content (AvgIpc) is 2.26. The van der Waals surface area contributed by atoms with Crippen molar-refractivity contribution in [2.75, 3.05) is 13.1 Å². The molecule has 15 heavy (non-hydrogen) atoms. The van der Waals surface area contributed by atoms with Crippen LogP contribution in [0.15, 0.2) is 0 Å². The first-order valence-corrected chi connectivity index (χ1v) is 6.55. The van der Waals surface area contributed by atoms with Crippen molar-refractivity contribution in [1.29, 1.82) is 0 Å². The van der Waals surface area contributed by atoms with E-state index in [0.717, 1.165) is 19.4 Å². The number of aliphatic hydroxyl groups excluding tert-OH is 1. The Labute approximate surface area is 94.7 Å². The van der Waals surface area contributed by atoms with Crippen molar-refractivity contribution >= 4 is 0 Å². The molecule has 2 atom stereocenters. The molecule has 1 aliphatic rings. The first-order valence-electron chi connectivity index (χ1n) is 6.55. The van der Waals surface area contributed by atoms with E-state index in [1.54, 1.807) is 0 Å². The maximum absolute atomic E-state index is 9.72. The van der Waals surface area contributed by atoms with Crippen molar-refractivity contribution in [1.82, 2.24) is 4.90 Å². The SMILES string of the molecule is CCCCC(C)(CC)N1CCCC(O)C1. The van der Waals surface area contributed by atoms with E-state index >= 15 is 0 Å². The third-order valence-corrected chi connectivity index (χ3v) is 3.99. The van der Waals surface area contributed by atoms with Crippen LogP contribution < -0.4 is 0 Å². The fourth-order valence-electron chi connectivity index (χ4n) is 2.56. The normalized spacial score (nSPS) is 27.6. The Bertz CT molecular complexity index is 183. The van der Waals surface area contributed by atoms with Crippen LogP contribution in [0.3, 0.4) is 0 Å². The lowest BCUT2D eigenvalue weighted by atomic mass is 9.88. The minimum absolute atomic E-state index is 0.0914. The average molecular weight is 213 g/mol. The number of nitrogens with zero attached hydrogens (tertiary/aromatic N) is 1. The Balaban J connectivity index is 2.54. The van der Waals surface area contributed by atoms with Gasteiger partial charge in [0.25, 0.3) is 0 Å². The molecule has 0 aromatic rings. The third kappa shape index (κ3) is 3.46. The predicted molar refractivity (Wildman–Crippen MR) is 65.0 cm³/mol. The van der Waals surface area contributed by atoms with Crippen LogP contribution >= 0.6 is 0 Å². The molecule has 0 bridgehead atoms. The van der Waals surface area contributed by atoms with Gasteiger partial charge in [0.1, 0.15) is 0 Å². The lowest BCUT2D eigenvalue weighted by Gasteiger charge is -2.44. The smallest absolute Gasteiger partial charge is 0.0667 e. The molecule has 0 aliphatic carbocycles. The second kappa shape index (κ2) is 5.86. The molecule has 0 spiro atoms. The molecule has 1 N–H and O–H groups in total. The quantitative estimate of drug-likeness (QED) is 0.759. The topological polar surface area (TPSA) is 23.5 Å². The second-order valence-corrected chi connectivity index (χ2v) is 5.20. The predicted octanol–water partition coefficient (Wildman–Crippen LogP) is 2.80. The van der Waals surface area contributed by atoms with E-state index in [9.17, 15) is 5.11 Å². The van der Waals surface area contributed by atoms with E-state index in [1.165, 1.54) is 32.2 Å². The molecule has 0 aromatic carbocycles. The number of unbranched alkanes of at least 4 members (excludes halogenated alkanes) is 1. The van der Waals surface area contributed by atoms with Crippen LogP contribution in [0.1, 0.15) is 59.3 Å². The van der Waals surface area contributed by atoms with Crippen LogP contribution in [-0.4, -0.2) is 34.7 Å². The molecule has 2 unspecified atom stereocenters. The molecule has 90 valence electrons. The monoisotopic (exact) mass is 213 g/mol. The number of piperidine rings is 1. The van der Waals surface area contributed by atoms with Gasteiger partial charge < -0.3 is 5.11 Å². The van der Waals surface area contributed by atoms with Gasteiger partial charge >= 0.3 is 0 Å². The van der Waals surface area contributed by atoms with Crippen molar-refractivity contribution < 1.29 is 5.11 Å². The summed E-state index contributed by atoms with van der Waals surface area (Å²) in [6.07, 6.45) is 7.09. The zero-order valence-corrected chi connectivity index (χ0v) is 10.6. The van der Waals surface area contributed by atoms with Gasteiger partial charge in [0.2, 0.25) is 0 Å². The Morgan fingerprint density at radius 3 is 2.67 bits per heavy atom. The van der Waals surface area contributed by atoms with E-state index in [4.69, 9.17) is 0 Å². The van der Waals surface area contributed by atoms with Crippen LogP contribution in [0.25, 0.3) is 0 Å². The standard InChI is InChI=1S/C13H27NO/c1-4-6-9-13(3,5-2)14-10-7-8-12(15)11-14/h12,15H,4-11H2,1-3H3. The maximum atomic E-state index is 9.72. The number of likely N-dealkylation sites (tertiary alicyclic amines) is 1. The molecule has 2 nitrogen and oxygen atoms in total. The van der Waals surface area contributed by atoms with E-state index in [0.29, 0.717) is 5.54 Å². The summed E-state index contributed by atoms with van der Waals surface area (Å²) < 4.78 is 0. The minimum Gasteiger partial charge on any atom is -0.392 e. The fourth-order valence-corrected chi connectivity index (χ4v) is 2.56. The van der Waals surface area contributed by atoms with Gasteiger partial charge in [0, 0.05) is 12.1 Å². The van der Waals surface area contributed by atoms with Crippen LogP contribution in [-0.2, 0) is 0 Å². The molecule has 0 amide bonds. The van der Waals surface area contributed by atoms with Gasteiger partial charge in [-0.25, -0.2) is 0 Å². The number of β-amino-alcohol motifs (C(OH)–C–C–N with tert-alkyl or cyclic N) is 1. The van der Waals surface area contributed by atoms with Gasteiger partial charge in [0.05, 0.1) is 6.10 Å². The lowest BCUT2D eigenvalue weighted by molar-refractivity contribution is 0.00106. The molecule has 0 aromatic heterocycles. The summed E-state index contributed by atoms with van der Waals surface area (Å²) in [5.41, 5.74) is 0.317. The molecule has 1 heterocycles. The first-order chi connectivity index (χ1) is 7.12. The van der Waals surface area contributed by atoms with Gasteiger partial charge in [-0.2, -0.15) is 0 Å². The summed E-state index contributed by atoms with van der Waals surface area (Å²) in [5, 5.41) is 9.72. The highest BCUT2D eigenvalue weighted by atomic mass is 16.3. The molecule has 0 saturated carbocycles. The summed E-state index contributed by atoms with van der Waals surface area (Å²) in [5.74, 6) is 0. The van der Waals surface area contributed by atoms with Crippen LogP contribution in [0.2, 0.25) is 0 Å². The minimum atomic E-state index is -0.0914. The summed E-state index contributed by atoms with van der Waals surface area (Å²) in [7, 11) is 0. The molecule has 2 heteroatoms. The number of aliphatic hydroxyl groups is 1. The summed E-state index contributed by atoms with van der Waals surface area (Å²) in [6, 6.07) is 0. The zero-order valence-electron chi connectivity index (χ0n) is 10.6. The Morgan fingerprint density at radius 2 is 2.13 bits per heavy atom. The van der Waals surface area contributed by atoms with E-state index in [1.807, 2.05) is 0 Å². The van der Waals surface area contributed by atoms with Crippen molar-refractivity contribution in [3.05, 3.63) is 0 Å². The second-order valence-electron chi connectivity index (χ2n) is 5.20. The first kappa shape index (κ1) is 13.0. The van der Waals surface area contributed by atoms with Crippen molar-refractivity contribution in [3.8, 4) is 0 Å². The van der Waals surface area contributed by atoms with E-state index < -0.39 is 0 Å². The zero-order chi connectivity index (χ0) is 11.3. The highest BCUT2D eigenvalue weighted by Gasteiger charge is 2.32. The van der Waals surface area contributed by atoms with Crippen LogP contribution in [0.5, 0.6) is 0 Å². The van der Waals surface area contributed by atoms with Gasteiger partial charge in [-0.05, 0) is 39.2 Å². The molecule has 1 aliphatic heterocycles. The van der Waals surface area contributed by atoms with Crippen molar-refractivity contribution in [3.63, 3.8) is 0 Å². The van der Waals surface area contributed by atoms with E-state index in [2.05, 4.69) is 25.7 Å².